The van der Waals surface area contributed by atoms with E-state index in [-0.39, 0.29) is 0 Å². The molecule has 116 valence electrons. The van der Waals surface area contributed by atoms with E-state index in [1.165, 1.54) is 25.1 Å². The maximum absolute atomic E-state index is 4.27. The molecule has 0 saturated heterocycles. The summed E-state index contributed by atoms with van der Waals surface area (Å²) < 4.78 is 2.28. The number of aromatic nitrogens is 2. The summed E-state index contributed by atoms with van der Waals surface area (Å²) in [6.07, 6.45) is 6.39. The zero-order valence-corrected chi connectivity index (χ0v) is 13.9. The van der Waals surface area contributed by atoms with E-state index in [0.717, 1.165) is 19.6 Å². The largest absolute Gasteiger partial charge is 0.333 e. The van der Waals surface area contributed by atoms with Crippen molar-refractivity contribution in [3.63, 3.8) is 0 Å². The van der Waals surface area contributed by atoms with Gasteiger partial charge in [-0.05, 0) is 52.7 Å². The number of unbranched alkanes of at least 4 members (excludes halogenated alkanes) is 1. The molecule has 1 rings (SSSR count). The summed E-state index contributed by atoms with van der Waals surface area (Å²) in [5.74, 6) is 0.693. The van der Waals surface area contributed by atoms with Crippen molar-refractivity contribution in [1.82, 2.24) is 19.8 Å². The first-order valence-electron chi connectivity index (χ1n) is 7.90. The highest BCUT2D eigenvalue weighted by Gasteiger charge is 2.04. The van der Waals surface area contributed by atoms with E-state index in [9.17, 15) is 0 Å². The molecule has 0 saturated carbocycles. The van der Waals surface area contributed by atoms with Gasteiger partial charge >= 0.3 is 0 Å². The van der Waals surface area contributed by atoms with Gasteiger partial charge < -0.3 is 14.8 Å². The molecular formula is C16H32N4. The Bertz CT molecular complexity index is 357. The van der Waals surface area contributed by atoms with Gasteiger partial charge in [0.2, 0.25) is 0 Å². The van der Waals surface area contributed by atoms with Crippen LogP contribution < -0.4 is 5.32 Å². The molecule has 0 atom stereocenters. The van der Waals surface area contributed by atoms with Gasteiger partial charge in [0.15, 0.2) is 0 Å². The minimum Gasteiger partial charge on any atom is -0.333 e. The SMILES string of the molecule is CC(C)CNCc1cncn1CCCCN(C)C(C)C. The molecule has 0 radical (unpaired) electrons. The van der Waals surface area contributed by atoms with Crippen LogP contribution in [0.5, 0.6) is 0 Å². The van der Waals surface area contributed by atoms with E-state index in [2.05, 4.69) is 54.5 Å². The van der Waals surface area contributed by atoms with Crippen molar-refractivity contribution >= 4 is 0 Å². The summed E-state index contributed by atoms with van der Waals surface area (Å²) >= 11 is 0. The van der Waals surface area contributed by atoms with Crippen LogP contribution in [0.4, 0.5) is 0 Å². The molecular weight excluding hydrogens is 248 g/mol. The Hall–Kier alpha value is -0.870. The lowest BCUT2D eigenvalue weighted by molar-refractivity contribution is 0.266. The molecule has 4 heteroatoms. The molecule has 1 aromatic heterocycles. The van der Waals surface area contributed by atoms with Crippen molar-refractivity contribution in [3.8, 4) is 0 Å². The Labute approximate surface area is 124 Å². The van der Waals surface area contributed by atoms with Crippen LogP contribution in [0.25, 0.3) is 0 Å². The average molecular weight is 280 g/mol. The molecule has 20 heavy (non-hydrogen) atoms. The fourth-order valence-corrected chi connectivity index (χ4v) is 2.09. The lowest BCUT2D eigenvalue weighted by Crippen LogP contribution is -2.27. The second-order valence-electron chi connectivity index (χ2n) is 6.38. The van der Waals surface area contributed by atoms with Crippen LogP contribution in [-0.2, 0) is 13.1 Å². The number of hydrogen-bond acceptors (Lipinski definition) is 3. The summed E-state index contributed by atoms with van der Waals surface area (Å²) in [5.41, 5.74) is 1.29. The zero-order chi connectivity index (χ0) is 15.0. The maximum Gasteiger partial charge on any atom is 0.0948 e. The summed E-state index contributed by atoms with van der Waals surface area (Å²) in [4.78, 5) is 6.68. The normalized spacial score (nSPS) is 12.0. The van der Waals surface area contributed by atoms with Crippen molar-refractivity contribution < 1.29 is 0 Å². The molecule has 0 aliphatic carbocycles. The Kier molecular flexibility index (Phi) is 7.85. The van der Waals surface area contributed by atoms with Gasteiger partial charge in [-0.2, -0.15) is 0 Å². The van der Waals surface area contributed by atoms with Crippen LogP contribution in [0.1, 0.15) is 46.2 Å². The molecule has 1 N–H and O–H groups in total. The van der Waals surface area contributed by atoms with Gasteiger partial charge in [0.25, 0.3) is 0 Å². The van der Waals surface area contributed by atoms with Crippen molar-refractivity contribution in [2.24, 2.45) is 5.92 Å². The summed E-state index contributed by atoms with van der Waals surface area (Å²) in [5, 5.41) is 3.48. The van der Waals surface area contributed by atoms with Gasteiger partial charge in [-0.15, -0.1) is 0 Å². The number of rotatable bonds is 10. The van der Waals surface area contributed by atoms with Gasteiger partial charge in [-0.25, -0.2) is 4.98 Å². The van der Waals surface area contributed by atoms with Crippen LogP contribution in [0, 0.1) is 5.92 Å². The van der Waals surface area contributed by atoms with E-state index >= 15 is 0 Å². The number of nitrogens with one attached hydrogen (secondary N) is 1. The molecule has 0 aromatic carbocycles. The van der Waals surface area contributed by atoms with Gasteiger partial charge in [-0.1, -0.05) is 13.8 Å². The third-order valence-corrected chi connectivity index (χ3v) is 3.70. The Morgan fingerprint density at radius 1 is 1.25 bits per heavy atom. The lowest BCUT2D eigenvalue weighted by atomic mass is 10.2. The fraction of sp³-hybridized carbons (Fsp3) is 0.812. The van der Waals surface area contributed by atoms with Crippen LogP contribution in [-0.4, -0.2) is 40.6 Å². The first kappa shape index (κ1) is 17.2. The van der Waals surface area contributed by atoms with Gasteiger partial charge in [0, 0.05) is 25.3 Å². The van der Waals surface area contributed by atoms with E-state index in [0.29, 0.717) is 12.0 Å². The summed E-state index contributed by atoms with van der Waals surface area (Å²) in [6, 6.07) is 0.638. The summed E-state index contributed by atoms with van der Waals surface area (Å²) in [6.45, 7) is 13.2. The molecule has 0 unspecified atom stereocenters. The second-order valence-corrected chi connectivity index (χ2v) is 6.38. The summed E-state index contributed by atoms with van der Waals surface area (Å²) in [7, 11) is 2.20. The minimum atomic E-state index is 0.638. The predicted octanol–water partition coefficient (Wildman–Crippen LogP) is 2.75. The highest BCUT2D eigenvalue weighted by atomic mass is 15.1. The van der Waals surface area contributed by atoms with Crippen LogP contribution >= 0.6 is 0 Å². The van der Waals surface area contributed by atoms with Gasteiger partial charge in [0.1, 0.15) is 0 Å². The van der Waals surface area contributed by atoms with Crippen molar-refractivity contribution in [2.75, 3.05) is 20.1 Å². The van der Waals surface area contributed by atoms with Crippen molar-refractivity contribution in [3.05, 3.63) is 18.2 Å². The maximum atomic E-state index is 4.27. The van der Waals surface area contributed by atoms with E-state index < -0.39 is 0 Å². The molecule has 0 aliphatic heterocycles. The minimum absolute atomic E-state index is 0.638. The average Bonchev–Trinajstić information content (AvgIpc) is 2.81. The fourth-order valence-electron chi connectivity index (χ4n) is 2.09. The van der Waals surface area contributed by atoms with Crippen molar-refractivity contribution in [1.29, 1.82) is 0 Å². The molecule has 1 heterocycles. The molecule has 0 fully saturated rings. The van der Waals surface area contributed by atoms with E-state index in [4.69, 9.17) is 0 Å². The molecule has 0 aliphatic rings. The van der Waals surface area contributed by atoms with Gasteiger partial charge in [-0.3, -0.25) is 0 Å². The number of imidazole rings is 1. The smallest absolute Gasteiger partial charge is 0.0948 e. The Morgan fingerprint density at radius 3 is 2.65 bits per heavy atom. The molecule has 4 nitrogen and oxygen atoms in total. The second kappa shape index (κ2) is 9.14. The molecule has 1 aromatic rings. The Balaban J connectivity index is 2.25. The molecule has 0 bridgehead atoms. The third-order valence-electron chi connectivity index (χ3n) is 3.70. The monoisotopic (exact) mass is 280 g/mol. The lowest BCUT2D eigenvalue weighted by Gasteiger charge is -2.20. The van der Waals surface area contributed by atoms with Crippen LogP contribution in [0.3, 0.4) is 0 Å². The molecule has 0 amide bonds. The first-order valence-corrected chi connectivity index (χ1v) is 7.90. The number of hydrogen-bond donors (Lipinski definition) is 1. The van der Waals surface area contributed by atoms with E-state index in [1.54, 1.807) is 0 Å². The highest BCUT2D eigenvalue weighted by Crippen LogP contribution is 2.04. The quantitative estimate of drug-likeness (QED) is 0.669. The standard InChI is InChI=1S/C16H32N4/c1-14(2)10-17-11-16-12-18-13-20(16)9-7-6-8-19(5)15(3)4/h12-15,17H,6-11H2,1-5H3. The van der Waals surface area contributed by atoms with Crippen LogP contribution in [0.15, 0.2) is 12.5 Å². The highest BCUT2D eigenvalue weighted by molar-refractivity contribution is 4.97. The first-order chi connectivity index (χ1) is 9.50. The van der Waals surface area contributed by atoms with Crippen LogP contribution in [0.2, 0.25) is 0 Å². The van der Waals surface area contributed by atoms with Crippen molar-refractivity contribution in [2.45, 2.75) is 59.7 Å². The number of nitrogens with zero attached hydrogens (tertiary/aromatic N) is 3. The predicted molar refractivity (Wildman–Crippen MR) is 85.8 cm³/mol. The van der Waals surface area contributed by atoms with Gasteiger partial charge in [0.05, 0.1) is 12.0 Å². The molecule has 0 spiro atoms. The zero-order valence-electron chi connectivity index (χ0n) is 13.9. The topological polar surface area (TPSA) is 33.1 Å². The number of aryl methyl sites for hydroxylation is 1. The Morgan fingerprint density at radius 2 is 2.00 bits per heavy atom. The third kappa shape index (κ3) is 6.53. The van der Waals surface area contributed by atoms with E-state index in [1.807, 2.05) is 12.5 Å².